The van der Waals surface area contributed by atoms with Crippen LogP contribution in [0.1, 0.15) is 5.56 Å². The molecule has 0 saturated carbocycles. The predicted molar refractivity (Wildman–Crippen MR) is 62.6 cm³/mol. The quantitative estimate of drug-likeness (QED) is 0.593. The van der Waals surface area contributed by atoms with E-state index < -0.39 is 0 Å². The van der Waals surface area contributed by atoms with Crippen molar-refractivity contribution in [1.29, 1.82) is 5.26 Å². The lowest BCUT2D eigenvalue weighted by molar-refractivity contribution is 0.666. The molecule has 76 valence electrons. The molecule has 3 nitrogen and oxygen atoms in total. The van der Waals surface area contributed by atoms with E-state index in [2.05, 4.69) is 0 Å². The van der Waals surface area contributed by atoms with Gasteiger partial charge >= 0.3 is 0 Å². The van der Waals surface area contributed by atoms with E-state index in [4.69, 9.17) is 9.68 Å². The monoisotopic (exact) mass is 227 g/mol. The van der Waals surface area contributed by atoms with Crippen molar-refractivity contribution < 1.29 is 4.42 Å². The van der Waals surface area contributed by atoms with Gasteiger partial charge in [0.2, 0.25) is 5.43 Å². The Bertz CT molecular complexity index is 792. The third-order valence-corrected chi connectivity index (χ3v) is 3.41. The summed E-state index contributed by atoms with van der Waals surface area (Å²) in [5.41, 5.74) is 0.773. The largest absolute Gasteiger partial charge is 0.451 e. The summed E-state index contributed by atoms with van der Waals surface area (Å²) in [6, 6.07) is 9.34. The van der Waals surface area contributed by atoms with E-state index in [0.29, 0.717) is 5.58 Å². The van der Waals surface area contributed by atoms with Gasteiger partial charge in [0.1, 0.15) is 17.2 Å². The van der Waals surface area contributed by atoms with Crippen molar-refractivity contribution in [3.05, 3.63) is 45.4 Å². The molecule has 2 aromatic heterocycles. The summed E-state index contributed by atoms with van der Waals surface area (Å²) in [7, 11) is 0. The molecule has 0 saturated heterocycles. The minimum absolute atomic E-state index is 0.136. The average molecular weight is 227 g/mol. The van der Waals surface area contributed by atoms with Crippen molar-refractivity contribution in [3.8, 4) is 6.07 Å². The van der Waals surface area contributed by atoms with Crippen LogP contribution in [0.3, 0.4) is 0 Å². The molecule has 3 aromatic rings. The summed E-state index contributed by atoms with van der Waals surface area (Å²) in [6.07, 6.45) is 0. The fourth-order valence-electron chi connectivity index (χ4n) is 1.66. The fraction of sp³-hybridized carbons (Fsp3) is 0. The SMILES string of the molecule is N#Cc1csc2c(oc3ccccc32)c1=O. The Morgan fingerprint density at radius 1 is 1.31 bits per heavy atom. The second-order valence-corrected chi connectivity index (χ2v) is 4.23. The lowest BCUT2D eigenvalue weighted by Gasteiger charge is -1.87. The zero-order valence-electron chi connectivity index (χ0n) is 8.06. The van der Waals surface area contributed by atoms with Gasteiger partial charge in [0.25, 0.3) is 0 Å². The number of hydrogen-bond acceptors (Lipinski definition) is 4. The number of rotatable bonds is 0. The van der Waals surface area contributed by atoms with E-state index in [-0.39, 0.29) is 16.6 Å². The molecule has 16 heavy (non-hydrogen) atoms. The average Bonchev–Trinajstić information content (AvgIpc) is 2.69. The number of hydrogen-bond donors (Lipinski definition) is 0. The molecule has 0 atom stereocenters. The first-order valence-corrected chi connectivity index (χ1v) is 5.52. The molecule has 0 radical (unpaired) electrons. The Hall–Kier alpha value is -2.12. The Morgan fingerprint density at radius 2 is 2.12 bits per heavy atom. The molecule has 0 aliphatic carbocycles. The molecule has 2 heterocycles. The van der Waals surface area contributed by atoms with Crippen LogP contribution in [0.25, 0.3) is 21.3 Å². The van der Waals surface area contributed by atoms with Crippen LogP contribution < -0.4 is 5.43 Å². The van der Waals surface area contributed by atoms with E-state index in [1.807, 2.05) is 30.3 Å². The second-order valence-electron chi connectivity index (χ2n) is 3.35. The number of para-hydroxylation sites is 1. The lowest BCUT2D eigenvalue weighted by Crippen LogP contribution is -2.02. The van der Waals surface area contributed by atoms with Crippen LogP contribution in [0.4, 0.5) is 0 Å². The van der Waals surface area contributed by atoms with E-state index in [1.54, 1.807) is 5.38 Å². The molecule has 0 bridgehead atoms. The third-order valence-electron chi connectivity index (χ3n) is 2.42. The maximum atomic E-state index is 11.8. The number of nitrogens with zero attached hydrogens (tertiary/aromatic N) is 1. The molecule has 0 fully saturated rings. The van der Waals surface area contributed by atoms with Gasteiger partial charge in [0.05, 0.1) is 4.70 Å². The Labute approximate surface area is 94.2 Å². The zero-order valence-corrected chi connectivity index (χ0v) is 8.88. The standard InChI is InChI=1S/C12H5NO2S/c13-5-7-6-16-12-8-3-1-2-4-9(8)15-11(12)10(7)14/h1-4,6H. The van der Waals surface area contributed by atoms with E-state index in [0.717, 1.165) is 10.1 Å². The van der Waals surface area contributed by atoms with Crippen molar-refractivity contribution in [2.75, 3.05) is 0 Å². The molecule has 4 heteroatoms. The fourth-order valence-corrected chi connectivity index (χ4v) is 2.59. The predicted octanol–water partition coefficient (Wildman–Crippen LogP) is 2.88. The highest BCUT2D eigenvalue weighted by Gasteiger charge is 2.12. The minimum atomic E-state index is -0.326. The highest BCUT2D eigenvalue weighted by molar-refractivity contribution is 7.17. The molecule has 0 aliphatic rings. The zero-order chi connectivity index (χ0) is 11.1. The Balaban J connectivity index is 2.61. The maximum absolute atomic E-state index is 11.8. The van der Waals surface area contributed by atoms with E-state index >= 15 is 0 Å². The first-order chi connectivity index (χ1) is 7.81. The normalized spacial score (nSPS) is 10.7. The van der Waals surface area contributed by atoms with Crippen LogP contribution >= 0.6 is 11.3 Å². The first kappa shape index (κ1) is 9.13. The van der Waals surface area contributed by atoms with Crippen molar-refractivity contribution >= 4 is 32.6 Å². The summed E-state index contributed by atoms with van der Waals surface area (Å²) in [4.78, 5) is 11.8. The maximum Gasteiger partial charge on any atom is 0.241 e. The molecule has 0 amide bonds. The van der Waals surface area contributed by atoms with Gasteiger partial charge in [-0.25, -0.2) is 0 Å². The number of nitriles is 1. The molecule has 0 N–H and O–H groups in total. The summed E-state index contributed by atoms with van der Waals surface area (Å²) >= 11 is 1.36. The molecule has 0 spiro atoms. The van der Waals surface area contributed by atoms with Gasteiger partial charge in [-0.05, 0) is 12.1 Å². The molecule has 0 aliphatic heterocycles. The van der Waals surface area contributed by atoms with Crippen LogP contribution in [0.5, 0.6) is 0 Å². The topological polar surface area (TPSA) is 54.0 Å². The second kappa shape index (κ2) is 3.19. The third kappa shape index (κ3) is 1.09. The summed E-state index contributed by atoms with van der Waals surface area (Å²) < 4.78 is 6.28. The van der Waals surface area contributed by atoms with Crippen LogP contribution in [0, 0.1) is 11.3 Å². The van der Waals surface area contributed by atoms with E-state index in [9.17, 15) is 4.79 Å². The smallest absolute Gasteiger partial charge is 0.241 e. The molecular formula is C12H5NO2S. The van der Waals surface area contributed by atoms with Gasteiger partial charge in [0.15, 0.2) is 5.58 Å². The molecule has 3 rings (SSSR count). The molecular weight excluding hydrogens is 222 g/mol. The minimum Gasteiger partial charge on any atom is -0.451 e. The number of benzene rings is 1. The van der Waals surface area contributed by atoms with Crippen molar-refractivity contribution in [1.82, 2.24) is 0 Å². The Kier molecular flexibility index (Phi) is 1.82. The lowest BCUT2D eigenvalue weighted by atomic mass is 10.2. The van der Waals surface area contributed by atoms with Crippen LogP contribution in [0.2, 0.25) is 0 Å². The summed E-state index contributed by atoms with van der Waals surface area (Å²) in [5.74, 6) is 0. The van der Waals surface area contributed by atoms with Gasteiger partial charge in [-0.3, -0.25) is 4.79 Å². The van der Waals surface area contributed by atoms with Gasteiger partial charge in [0, 0.05) is 10.8 Å². The van der Waals surface area contributed by atoms with Gasteiger partial charge in [-0.1, -0.05) is 12.1 Å². The number of furan rings is 1. The van der Waals surface area contributed by atoms with Crippen LogP contribution in [-0.2, 0) is 0 Å². The highest BCUT2D eigenvalue weighted by atomic mass is 32.1. The number of fused-ring (bicyclic) bond motifs is 3. The van der Waals surface area contributed by atoms with Crippen molar-refractivity contribution in [2.24, 2.45) is 0 Å². The van der Waals surface area contributed by atoms with Crippen molar-refractivity contribution in [2.45, 2.75) is 0 Å². The van der Waals surface area contributed by atoms with Crippen molar-refractivity contribution in [3.63, 3.8) is 0 Å². The van der Waals surface area contributed by atoms with Crippen LogP contribution in [-0.4, -0.2) is 0 Å². The van der Waals surface area contributed by atoms with Gasteiger partial charge in [-0.2, -0.15) is 5.26 Å². The molecule has 0 unspecified atom stereocenters. The summed E-state index contributed by atoms with van der Waals surface area (Å²) in [5, 5.41) is 11.3. The van der Waals surface area contributed by atoms with Gasteiger partial charge < -0.3 is 4.42 Å². The molecule has 1 aromatic carbocycles. The first-order valence-electron chi connectivity index (χ1n) is 4.64. The van der Waals surface area contributed by atoms with Crippen LogP contribution in [0.15, 0.2) is 38.9 Å². The Morgan fingerprint density at radius 3 is 2.94 bits per heavy atom. The summed E-state index contributed by atoms with van der Waals surface area (Å²) in [6.45, 7) is 0. The highest BCUT2D eigenvalue weighted by Crippen LogP contribution is 2.29. The van der Waals surface area contributed by atoms with Gasteiger partial charge in [-0.15, -0.1) is 11.3 Å². The van der Waals surface area contributed by atoms with E-state index in [1.165, 1.54) is 11.3 Å².